The van der Waals surface area contributed by atoms with Gasteiger partial charge in [-0.1, -0.05) is 35.3 Å². The Morgan fingerprint density at radius 1 is 0.936 bits per heavy atom. The molecular formula is C33H26Cl2F2N4O5S. The molecule has 0 aliphatic carbocycles. The second-order valence-corrected chi connectivity index (χ2v) is 13.6. The normalized spacial score (nSPS) is 14.6. The number of carbonyl (C=O) groups excluding carboxylic acids is 1. The van der Waals surface area contributed by atoms with Crippen LogP contribution in [0.5, 0.6) is 0 Å². The Morgan fingerprint density at radius 3 is 2.30 bits per heavy atom. The second kappa shape index (κ2) is 13.5. The van der Waals surface area contributed by atoms with Crippen LogP contribution in [0.2, 0.25) is 10.0 Å². The average Bonchev–Trinajstić information content (AvgIpc) is 3.04. The van der Waals surface area contributed by atoms with E-state index in [1.807, 2.05) is 0 Å². The highest BCUT2D eigenvalue weighted by Gasteiger charge is 2.27. The van der Waals surface area contributed by atoms with Crippen LogP contribution >= 0.6 is 23.2 Å². The molecule has 2 heterocycles. The molecule has 4 aromatic carbocycles. The SMILES string of the molecule is O=CNC(Cc1cc(F)cc(F)c1)c1nc2cc(-c3ccc(Cl)cc3Cl)ccc2c(=O)n1-c1ccc(S(=O)(=O)N2CCOCC2)cc1. The van der Waals surface area contributed by atoms with Gasteiger partial charge in [0.2, 0.25) is 16.4 Å². The number of hydrogen-bond donors (Lipinski definition) is 1. The van der Waals surface area contributed by atoms with Crippen LogP contribution in [-0.2, 0) is 26.0 Å². The van der Waals surface area contributed by atoms with E-state index in [0.29, 0.717) is 27.6 Å². The number of nitrogens with one attached hydrogen (secondary N) is 1. The van der Waals surface area contributed by atoms with Crippen LogP contribution in [0, 0.1) is 11.6 Å². The van der Waals surface area contributed by atoms with Gasteiger partial charge < -0.3 is 10.1 Å². The summed E-state index contributed by atoms with van der Waals surface area (Å²) < 4.78 is 62.6. The summed E-state index contributed by atoms with van der Waals surface area (Å²) in [5.41, 5.74) is 1.48. The van der Waals surface area contributed by atoms with Gasteiger partial charge in [0, 0.05) is 41.2 Å². The summed E-state index contributed by atoms with van der Waals surface area (Å²) in [7, 11) is -3.83. The number of rotatable bonds is 9. The zero-order valence-electron chi connectivity index (χ0n) is 24.5. The zero-order valence-corrected chi connectivity index (χ0v) is 26.8. The minimum Gasteiger partial charge on any atom is -0.379 e. The molecule has 1 aliphatic rings. The fraction of sp³-hybridized carbons (Fsp3) is 0.182. The molecule has 9 nitrogen and oxygen atoms in total. The molecule has 5 aromatic rings. The highest BCUT2D eigenvalue weighted by Crippen LogP contribution is 2.32. The minimum atomic E-state index is -3.83. The molecular weight excluding hydrogens is 673 g/mol. The number of amides is 1. The van der Waals surface area contributed by atoms with Gasteiger partial charge in [-0.3, -0.25) is 14.2 Å². The fourth-order valence-electron chi connectivity index (χ4n) is 5.55. The van der Waals surface area contributed by atoms with Crippen LogP contribution in [-0.4, -0.2) is 55.0 Å². The fourth-order valence-corrected chi connectivity index (χ4v) is 7.48. The van der Waals surface area contributed by atoms with Gasteiger partial charge in [-0.2, -0.15) is 4.31 Å². The molecule has 1 saturated heterocycles. The van der Waals surface area contributed by atoms with Crippen molar-refractivity contribution in [2.75, 3.05) is 26.3 Å². The number of nitrogens with zero attached hydrogens (tertiary/aromatic N) is 3. The summed E-state index contributed by atoms with van der Waals surface area (Å²) in [6.07, 6.45) is 0.278. The number of ether oxygens (including phenoxy) is 1. The second-order valence-electron chi connectivity index (χ2n) is 10.8. The van der Waals surface area contributed by atoms with Crippen LogP contribution in [0.25, 0.3) is 27.7 Å². The third-order valence-electron chi connectivity index (χ3n) is 7.78. The Morgan fingerprint density at radius 2 is 1.64 bits per heavy atom. The number of morpholine rings is 1. The average molecular weight is 700 g/mol. The van der Waals surface area contributed by atoms with E-state index in [4.69, 9.17) is 32.9 Å². The van der Waals surface area contributed by atoms with E-state index in [1.54, 1.807) is 36.4 Å². The van der Waals surface area contributed by atoms with E-state index in [0.717, 1.165) is 18.2 Å². The summed E-state index contributed by atoms with van der Waals surface area (Å²) >= 11 is 12.5. The van der Waals surface area contributed by atoms with Crippen molar-refractivity contribution < 1.29 is 26.7 Å². The topological polar surface area (TPSA) is 111 Å². The number of halogens is 4. The quantitative estimate of drug-likeness (QED) is 0.198. The van der Waals surface area contributed by atoms with Crippen molar-refractivity contribution in [3.63, 3.8) is 0 Å². The molecule has 0 bridgehead atoms. The van der Waals surface area contributed by atoms with Crippen LogP contribution < -0.4 is 10.9 Å². The maximum absolute atomic E-state index is 14.2. The lowest BCUT2D eigenvalue weighted by molar-refractivity contribution is -0.110. The first-order chi connectivity index (χ1) is 22.5. The summed E-state index contributed by atoms with van der Waals surface area (Å²) in [5.74, 6) is -1.58. The van der Waals surface area contributed by atoms with Crippen LogP contribution in [0.1, 0.15) is 17.4 Å². The van der Waals surface area contributed by atoms with Crippen molar-refractivity contribution in [1.29, 1.82) is 0 Å². The molecule has 1 atom stereocenters. The summed E-state index contributed by atoms with van der Waals surface area (Å²) in [4.78, 5) is 30.9. The third kappa shape index (κ3) is 6.78. The monoisotopic (exact) mass is 698 g/mol. The van der Waals surface area contributed by atoms with Gasteiger partial charge in [0.1, 0.15) is 17.5 Å². The van der Waals surface area contributed by atoms with Crippen molar-refractivity contribution in [2.24, 2.45) is 0 Å². The molecule has 14 heteroatoms. The van der Waals surface area contributed by atoms with Gasteiger partial charge in [-0.05, 0) is 71.8 Å². The van der Waals surface area contributed by atoms with E-state index in [9.17, 15) is 26.8 Å². The number of carbonyl (C=O) groups is 1. The number of sulfonamides is 1. The van der Waals surface area contributed by atoms with Gasteiger partial charge in [-0.25, -0.2) is 22.2 Å². The third-order valence-corrected chi connectivity index (χ3v) is 10.2. The number of fused-ring (bicyclic) bond motifs is 1. The number of hydrogen-bond acceptors (Lipinski definition) is 6. The molecule has 6 rings (SSSR count). The Labute approximate surface area is 278 Å². The summed E-state index contributed by atoms with van der Waals surface area (Å²) in [5, 5.41) is 3.68. The predicted octanol–water partition coefficient (Wildman–Crippen LogP) is 5.69. The van der Waals surface area contributed by atoms with Gasteiger partial charge in [0.05, 0.1) is 40.7 Å². The zero-order chi connectivity index (χ0) is 33.3. The smallest absolute Gasteiger partial charge is 0.266 e. The van der Waals surface area contributed by atoms with E-state index in [-0.39, 0.29) is 65.6 Å². The first kappa shape index (κ1) is 32.7. The molecule has 1 fully saturated rings. The van der Waals surface area contributed by atoms with E-state index < -0.39 is 33.3 Å². The Bertz CT molecular complexity index is 2140. The highest BCUT2D eigenvalue weighted by atomic mass is 35.5. The van der Waals surface area contributed by atoms with Crippen LogP contribution in [0.15, 0.2) is 88.6 Å². The van der Waals surface area contributed by atoms with Gasteiger partial charge in [-0.15, -0.1) is 0 Å². The molecule has 47 heavy (non-hydrogen) atoms. The Kier molecular flexibility index (Phi) is 9.40. The van der Waals surface area contributed by atoms with Gasteiger partial charge >= 0.3 is 0 Å². The molecule has 1 aliphatic heterocycles. The Balaban J connectivity index is 1.52. The maximum atomic E-state index is 14.2. The first-order valence-corrected chi connectivity index (χ1v) is 16.6. The molecule has 1 amide bonds. The van der Waals surface area contributed by atoms with Crippen molar-refractivity contribution in [2.45, 2.75) is 17.4 Å². The lowest BCUT2D eigenvalue weighted by atomic mass is 10.0. The lowest BCUT2D eigenvalue weighted by Crippen LogP contribution is -2.40. The van der Waals surface area contributed by atoms with Gasteiger partial charge in [0.15, 0.2) is 0 Å². The first-order valence-electron chi connectivity index (χ1n) is 14.4. The number of aromatic nitrogens is 2. The largest absolute Gasteiger partial charge is 0.379 e. The maximum Gasteiger partial charge on any atom is 0.266 e. The van der Waals surface area contributed by atoms with Gasteiger partial charge in [0.25, 0.3) is 5.56 Å². The molecule has 0 spiro atoms. The molecule has 1 unspecified atom stereocenters. The predicted molar refractivity (Wildman–Crippen MR) is 174 cm³/mol. The molecule has 1 N–H and O–H groups in total. The van der Waals surface area contributed by atoms with E-state index in [2.05, 4.69) is 5.32 Å². The van der Waals surface area contributed by atoms with E-state index >= 15 is 0 Å². The van der Waals surface area contributed by atoms with Crippen molar-refractivity contribution >= 4 is 50.5 Å². The lowest BCUT2D eigenvalue weighted by Gasteiger charge is -2.26. The van der Waals surface area contributed by atoms with Crippen LogP contribution in [0.4, 0.5) is 8.78 Å². The Hall–Kier alpha value is -4.20. The summed E-state index contributed by atoms with van der Waals surface area (Å²) in [6.45, 7) is 0.993. The highest BCUT2D eigenvalue weighted by molar-refractivity contribution is 7.89. The van der Waals surface area contributed by atoms with E-state index in [1.165, 1.54) is 33.1 Å². The van der Waals surface area contributed by atoms with Crippen molar-refractivity contribution in [3.05, 3.63) is 122 Å². The molecule has 0 saturated carbocycles. The van der Waals surface area contributed by atoms with Crippen molar-refractivity contribution in [1.82, 2.24) is 19.2 Å². The van der Waals surface area contributed by atoms with Crippen molar-refractivity contribution in [3.8, 4) is 16.8 Å². The standard InChI is InChI=1S/C33H26Cl2F2N4O5S/c34-22-2-8-27(29(35)17-22)21-1-7-28-30(16-21)39-32(31(38-19-42)15-20-13-23(36)18-24(37)14-20)41(33(28)43)25-3-5-26(6-4-25)47(44,45)40-9-11-46-12-10-40/h1-8,13-14,16-19,31H,9-12,15H2,(H,38,42). The summed E-state index contributed by atoms with van der Waals surface area (Å²) in [6, 6.07) is 17.6. The number of benzene rings is 4. The molecule has 242 valence electrons. The molecule has 0 radical (unpaired) electrons. The molecule has 1 aromatic heterocycles. The van der Waals surface area contributed by atoms with Crippen LogP contribution in [0.3, 0.4) is 0 Å². The minimum absolute atomic E-state index is 0.0220.